The molecule has 5 heteroatoms. The molecule has 0 radical (unpaired) electrons. The van der Waals surface area contributed by atoms with Crippen LogP contribution in [0.1, 0.15) is 23.0 Å². The summed E-state index contributed by atoms with van der Waals surface area (Å²) in [5.41, 5.74) is 2.38. The lowest BCUT2D eigenvalue weighted by molar-refractivity contribution is 0.102. The van der Waals surface area contributed by atoms with Crippen molar-refractivity contribution < 1.29 is 4.79 Å². The number of rotatable bonds is 4. The summed E-state index contributed by atoms with van der Waals surface area (Å²) in [6.45, 7) is 2.01. The molecule has 0 atom stereocenters. The van der Waals surface area contributed by atoms with E-state index in [0.29, 0.717) is 17.8 Å². The molecular weight excluding hydrogens is 276 g/mol. The molecule has 1 amide bonds. The third kappa shape index (κ3) is 2.74. The Morgan fingerprint density at radius 1 is 1.14 bits per heavy atom. The minimum absolute atomic E-state index is 0.197. The highest BCUT2D eigenvalue weighted by molar-refractivity contribution is 6.04. The van der Waals surface area contributed by atoms with Crippen LogP contribution in [0.15, 0.2) is 60.9 Å². The summed E-state index contributed by atoms with van der Waals surface area (Å²) in [5.74, 6) is 0.333. The van der Waals surface area contributed by atoms with Crippen LogP contribution in [-0.4, -0.2) is 20.7 Å². The van der Waals surface area contributed by atoms with Gasteiger partial charge in [0.15, 0.2) is 0 Å². The third-order valence-electron chi connectivity index (χ3n) is 3.36. The van der Waals surface area contributed by atoms with Crippen molar-refractivity contribution in [3.63, 3.8) is 0 Å². The van der Waals surface area contributed by atoms with Crippen molar-refractivity contribution in [2.75, 3.05) is 5.32 Å². The van der Waals surface area contributed by atoms with Gasteiger partial charge in [0.25, 0.3) is 5.91 Å². The molecule has 0 saturated heterocycles. The van der Waals surface area contributed by atoms with Crippen LogP contribution in [0.4, 0.5) is 5.82 Å². The Kier molecular flexibility index (Phi) is 3.96. The molecule has 2 heterocycles. The summed E-state index contributed by atoms with van der Waals surface area (Å²) in [4.78, 5) is 16.5. The second-order valence-electron chi connectivity index (χ2n) is 4.77. The molecule has 0 aliphatic heterocycles. The predicted molar refractivity (Wildman–Crippen MR) is 85.1 cm³/mol. The first kappa shape index (κ1) is 14.0. The molecule has 110 valence electrons. The number of anilines is 1. The van der Waals surface area contributed by atoms with Gasteiger partial charge in [0.05, 0.1) is 23.1 Å². The maximum atomic E-state index is 12.4. The molecule has 3 rings (SSSR count). The summed E-state index contributed by atoms with van der Waals surface area (Å²) in [6, 6.07) is 15.2. The molecule has 0 spiro atoms. The van der Waals surface area contributed by atoms with Crippen molar-refractivity contribution in [1.82, 2.24) is 14.8 Å². The largest absolute Gasteiger partial charge is 0.306 e. The van der Waals surface area contributed by atoms with Crippen LogP contribution in [0.25, 0.3) is 5.69 Å². The number of hydrogen-bond acceptors (Lipinski definition) is 3. The van der Waals surface area contributed by atoms with Gasteiger partial charge in [-0.3, -0.25) is 4.79 Å². The maximum Gasteiger partial charge on any atom is 0.260 e. The average Bonchev–Trinajstić information content (AvgIpc) is 3.00. The number of para-hydroxylation sites is 1. The van der Waals surface area contributed by atoms with Gasteiger partial charge in [-0.25, -0.2) is 9.67 Å². The zero-order valence-electron chi connectivity index (χ0n) is 12.2. The summed E-state index contributed by atoms with van der Waals surface area (Å²) in [5, 5.41) is 7.15. The molecule has 5 nitrogen and oxygen atoms in total. The number of nitrogens with one attached hydrogen (secondary N) is 1. The highest BCUT2D eigenvalue weighted by Crippen LogP contribution is 2.16. The van der Waals surface area contributed by atoms with Gasteiger partial charge in [-0.2, -0.15) is 5.10 Å². The van der Waals surface area contributed by atoms with Crippen LogP contribution in [-0.2, 0) is 6.42 Å². The number of nitrogens with zero attached hydrogens (tertiary/aromatic N) is 3. The van der Waals surface area contributed by atoms with E-state index in [1.54, 1.807) is 29.2 Å². The Labute approximate surface area is 128 Å². The molecule has 1 N–H and O–H groups in total. The zero-order valence-corrected chi connectivity index (χ0v) is 12.2. The van der Waals surface area contributed by atoms with Gasteiger partial charge in [-0.15, -0.1) is 0 Å². The molecule has 22 heavy (non-hydrogen) atoms. The lowest BCUT2D eigenvalue weighted by atomic mass is 10.2. The van der Waals surface area contributed by atoms with Gasteiger partial charge in [0.2, 0.25) is 0 Å². The Hall–Kier alpha value is -2.95. The smallest absolute Gasteiger partial charge is 0.260 e. The molecule has 0 bridgehead atoms. The Balaban J connectivity index is 1.92. The second-order valence-corrected chi connectivity index (χ2v) is 4.77. The molecule has 0 aliphatic rings. The highest BCUT2D eigenvalue weighted by atomic mass is 16.1. The fourth-order valence-corrected chi connectivity index (χ4v) is 2.32. The van der Waals surface area contributed by atoms with Gasteiger partial charge >= 0.3 is 0 Å². The van der Waals surface area contributed by atoms with Gasteiger partial charge in [0.1, 0.15) is 5.82 Å². The number of pyridine rings is 1. The van der Waals surface area contributed by atoms with Crippen molar-refractivity contribution in [3.8, 4) is 5.69 Å². The number of carbonyl (C=O) groups excluding carboxylic acids is 1. The van der Waals surface area contributed by atoms with E-state index in [4.69, 9.17) is 0 Å². The third-order valence-corrected chi connectivity index (χ3v) is 3.36. The molecule has 3 aromatic rings. The van der Waals surface area contributed by atoms with Crippen LogP contribution < -0.4 is 5.32 Å². The van der Waals surface area contributed by atoms with Gasteiger partial charge in [-0.1, -0.05) is 31.2 Å². The van der Waals surface area contributed by atoms with E-state index in [2.05, 4.69) is 15.4 Å². The van der Waals surface area contributed by atoms with E-state index < -0.39 is 0 Å². The molecule has 2 aromatic heterocycles. The summed E-state index contributed by atoms with van der Waals surface area (Å²) in [7, 11) is 0. The van der Waals surface area contributed by atoms with Crippen molar-refractivity contribution >= 4 is 11.7 Å². The maximum absolute atomic E-state index is 12.4. The first-order valence-corrected chi connectivity index (χ1v) is 7.14. The van der Waals surface area contributed by atoms with Crippen molar-refractivity contribution in [2.24, 2.45) is 0 Å². The summed E-state index contributed by atoms with van der Waals surface area (Å²) >= 11 is 0. The highest BCUT2D eigenvalue weighted by Gasteiger charge is 2.17. The van der Waals surface area contributed by atoms with Gasteiger partial charge in [-0.05, 0) is 30.7 Å². The normalized spacial score (nSPS) is 10.4. The topological polar surface area (TPSA) is 59.8 Å². The first-order valence-electron chi connectivity index (χ1n) is 7.14. The monoisotopic (exact) mass is 292 g/mol. The van der Waals surface area contributed by atoms with Crippen molar-refractivity contribution in [3.05, 3.63) is 72.2 Å². The lowest BCUT2D eigenvalue weighted by Crippen LogP contribution is -2.15. The Morgan fingerprint density at radius 2 is 1.91 bits per heavy atom. The molecule has 0 aliphatic carbocycles. The molecule has 1 aromatic carbocycles. The standard InChI is InChI=1S/C17H16N4O/c1-2-15-14(17(22)20-16-10-6-7-11-18-16)12-19-21(15)13-8-4-3-5-9-13/h3-12H,2H2,1H3,(H,18,20,22). The minimum atomic E-state index is -0.197. The number of hydrogen-bond donors (Lipinski definition) is 1. The van der Waals surface area contributed by atoms with Crippen LogP contribution in [0, 0.1) is 0 Å². The lowest BCUT2D eigenvalue weighted by Gasteiger charge is -2.08. The summed E-state index contributed by atoms with van der Waals surface area (Å²) in [6.07, 6.45) is 3.95. The Bertz CT molecular complexity index is 766. The molecule has 0 fully saturated rings. The van der Waals surface area contributed by atoms with Crippen LogP contribution in [0.3, 0.4) is 0 Å². The van der Waals surface area contributed by atoms with E-state index in [1.165, 1.54) is 0 Å². The minimum Gasteiger partial charge on any atom is -0.306 e. The van der Waals surface area contributed by atoms with Gasteiger partial charge in [0, 0.05) is 6.20 Å². The van der Waals surface area contributed by atoms with Crippen LogP contribution >= 0.6 is 0 Å². The number of amides is 1. The number of aromatic nitrogens is 3. The van der Waals surface area contributed by atoms with E-state index in [0.717, 1.165) is 11.4 Å². The van der Waals surface area contributed by atoms with E-state index in [1.807, 2.05) is 43.3 Å². The van der Waals surface area contributed by atoms with Gasteiger partial charge < -0.3 is 5.32 Å². The zero-order chi connectivity index (χ0) is 15.4. The predicted octanol–water partition coefficient (Wildman–Crippen LogP) is 3.08. The van der Waals surface area contributed by atoms with E-state index in [-0.39, 0.29) is 5.91 Å². The molecular formula is C17H16N4O. The number of carbonyl (C=O) groups is 1. The fraction of sp³-hybridized carbons (Fsp3) is 0.118. The fourth-order valence-electron chi connectivity index (χ4n) is 2.32. The molecule has 0 unspecified atom stereocenters. The van der Waals surface area contributed by atoms with Crippen LogP contribution in [0.5, 0.6) is 0 Å². The quantitative estimate of drug-likeness (QED) is 0.804. The summed E-state index contributed by atoms with van der Waals surface area (Å²) < 4.78 is 1.80. The first-order chi connectivity index (χ1) is 10.8. The van der Waals surface area contributed by atoms with E-state index >= 15 is 0 Å². The van der Waals surface area contributed by atoms with Crippen molar-refractivity contribution in [1.29, 1.82) is 0 Å². The number of benzene rings is 1. The van der Waals surface area contributed by atoms with Crippen LogP contribution in [0.2, 0.25) is 0 Å². The second kappa shape index (κ2) is 6.22. The SMILES string of the molecule is CCc1c(C(=O)Nc2ccccn2)cnn1-c1ccccc1. The van der Waals surface area contributed by atoms with E-state index in [9.17, 15) is 4.79 Å². The average molecular weight is 292 g/mol. The van der Waals surface area contributed by atoms with Crippen molar-refractivity contribution in [2.45, 2.75) is 13.3 Å². The molecule has 0 saturated carbocycles. The Morgan fingerprint density at radius 3 is 2.59 bits per heavy atom.